The van der Waals surface area contributed by atoms with E-state index < -0.39 is 5.82 Å². The lowest BCUT2D eigenvalue weighted by Crippen LogP contribution is -1.90. The minimum atomic E-state index is -0.542. The fourth-order valence-electron chi connectivity index (χ4n) is 2.06. The molecule has 2 N–H and O–H groups in total. The summed E-state index contributed by atoms with van der Waals surface area (Å²) in [5, 5.41) is 3.90. The Morgan fingerprint density at radius 1 is 1.05 bits per heavy atom. The van der Waals surface area contributed by atoms with Crippen LogP contribution in [0.15, 0.2) is 53.1 Å². The van der Waals surface area contributed by atoms with E-state index in [4.69, 9.17) is 21.9 Å². The Kier molecular flexibility index (Phi) is 3.16. The Labute approximate surface area is 119 Å². The first-order valence-corrected chi connectivity index (χ1v) is 6.31. The second-order valence-electron chi connectivity index (χ2n) is 4.24. The van der Waals surface area contributed by atoms with Crippen molar-refractivity contribution in [3.63, 3.8) is 0 Å². The topological polar surface area (TPSA) is 52.0 Å². The molecule has 0 spiro atoms. The van der Waals surface area contributed by atoms with Crippen LogP contribution in [-0.4, -0.2) is 5.16 Å². The van der Waals surface area contributed by atoms with E-state index in [0.29, 0.717) is 11.3 Å². The third-order valence-electron chi connectivity index (χ3n) is 2.99. The van der Waals surface area contributed by atoms with Crippen molar-refractivity contribution in [2.24, 2.45) is 0 Å². The Hall–Kier alpha value is -2.33. The smallest absolute Gasteiger partial charge is 0.230 e. The fourth-order valence-corrected chi connectivity index (χ4v) is 2.23. The molecule has 0 fully saturated rings. The van der Waals surface area contributed by atoms with E-state index >= 15 is 0 Å². The average molecular weight is 289 g/mol. The average Bonchev–Trinajstić information content (AvgIpc) is 2.84. The third kappa shape index (κ3) is 2.04. The normalized spacial score (nSPS) is 10.7. The highest BCUT2D eigenvalue weighted by molar-refractivity contribution is 6.31. The van der Waals surface area contributed by atoms with Gasteiger partial charge in [0, 0.05) is 5.56 Å². The van der Waals surface area contributed by atoms with Crippen LogP contribution in [0.5, 0.6) is 0 Å². The maximum Gasteiger partial charge on any atom is 0.230 e. The number of anilines is 1. The molecule has 0 saturated heterocycles. The molecule has 0 aliphatic carbocycles. The second kappa shape index (κ2) is 4.98. The van der Waals surface area contributed by atoms with E-state index in [1.54, 1.807) is 12.1 Å². The first-order valence-electron chi connectivity index (χ1n) is 5.93. The molecular weight excluding hydrogens is 279 g/mol. The Morgan fingerprint density at radius 3 is 2.55 bits per heavy atom. The molecule has 20 heavy (non-hydrogen) atoms. The van der Waals surface area contributed by atoms with Crippen molar-refractivity contribution in [2.75, 3.05) is 5.73 Å². The predicted molar refractivity (Wildman–Crippen MR) is 76.8 cm³/mol. The first kappa shape index (κ1) is 12.7. The number of aromatic nitrogens is 1. The number of nitrogens with two attached hydrogens (primary N) is 1. The highest BCUT2D eigenvalue weighted by atomic mass is 35.5. The number of hydrogen-bond acceptors (Lipinski definition) is 3. The van der Waals surface area contributed by atoms with Crippen LogP contribution in [0.2, 0.25) is 5.02 Å². The molecule has 0 unspecified atom stereocenters. The summed E-state index contributed by atoms with van der Waals surface area (Å²) in [5.74, 6) is -0.398. The van der Waals surface area contributed by atoms with Crippen molar-refractivity contribution >= 4 is 17.5 Å². The monoisotopic (exact) mass is 288 g/mol. The van der Waals surface area contributed by atoms with Gasteiger partial charge in [-0.15, -0.1) is 0 Å². The molecule has 3 rings (SSSR count). The number of benzene rings is 2. The number of rotatable bonds is 2. The van der Waals surface area contributed by atoms with Crippen molar-refractivity contribution in [1.29, 1.82) is 0 Å². The Bertz CT molecular complexity index is 756. The van der Waals surface area contributed by atoms with Gasteiger partial charge < -0.3 is 10.3 Å². The number of halogens is 2. The molecule has 5 heteroatoms. The summed E-state index contributed by atoms with van der Waals surface area (Å²) in [5.41, 5.74) is 7.78. The highest BCUT2D eigenvalue weighted by Gasteiger charge is 2.20. The van der Waals surface area contributed by atoms with Gasteiger partial charge in [-0.2, -0.15) is 0 Å². The van der Waals surface area contributed by atoms with E-state index in [-0.39, 0.29) is 16.5 Å². The third-order valence-corrected chi connectivity index (χ3v) is 3.28. The minimum absolute atomic E-state index is 0.0306. The summed E-state index contributed by atoms with van der Waals surface area (Å²) < 4.78 is 19.2. The number of hydrogen-bond donors (Lipinski definition) is 1. The van der Waals surface area contributed by atoms with Crippen molar-refractivity contribution in [2.45, 2.75) is 0 Å². The molecule has 0 aliphatic heterocycles. The molecule has 0 atom stereocenters. The quantitative estimate of drug-likeness (QED) is 0.761. The summed E-state index contributed by atoms with van der Waals surface area (Å²) in [6.07, 6.45) is 0. The summed E-state index contributed by atoms with van der Waals surface area (Å²) in [6, 6.07) is 14.0. The maximum absolute atomic E-state index is 14.1. The van der Waals surface area contributed by atoms with E-state index in [1.807, 2.05) is 30.3 Å². The van der Waals surface area contributed by atoms with Crippen LogP contribution >= 0.6 is 11.6 Å². The largest absolute Gasteiger partial charge is 0.367 e. The molecule has 1 aromatic heterocycles. The van der Waals surface area contributed by atoms with Gasteiger partial charge in [0.25, 0.3) is 0 Å². The van der Waals surface area contributed by atoms with Crippen LogP contribution in [0.1, 0.15) is 0 Å². The number of nitrogens with zero attached hydrogens (tertiary/aromatic N) is 1. The first-order chi connectivity index (χ1) is 9.68. The van der Waals surface area contributed by atoms with E-state index in [2.05, 4.69) is 5.16 Å². The zero-order valence-corrected chi connectivity index (χ0v) is 11.1. The van der Waals surface area contributed by atoms with Gasteiger partial charge in [-0.25, -0.2) is 4.39 Å². The molecule has 0 amide bonds. The molecule has 0 saturated carbocycles. The molecule has 3 aromatic rings. The van der Waals surface area contributed by atoms with Gasteiger partial charge in [0.2, 0.25) is 5.88 Å². The SMILES string of the molecule is Nc1onc(-c2cccc(Cl)c2F)c1-c1ccccc1. The summed E-state index contributed by atoms with van der Waals surface area (Å²) in [7, 11) is 0. The van der Waals surface area contributed by atoms with Crippen LogP contribution in [0, 0.1) is 5.82 Å². The molecule has 100 valence electrons. The number of nitrogen functional groups attached to an aromatic ring is 1. The Morgan fingerprint density at radius 2 is 1.80 bits per heavy atom. The second-order valence-corrected chi connectivity index (χ2v) is 4.65. The predicted octanol–water partition coefficient (Wildman–Crippen LogP) is 4.38. The van der Waals surface area contributed by atoms with Gasteiger partial charge in [-0.05, 0) is 17.7 Å². The van der Waals surface area contributed by atoms with E-state index in [9.17, 15) is 4.39 Å². The molecule has 0 aliphatic rings. The zero-order chi connectivity index (χ0) is 14.1. The zero-order valence-electron chi connectivity index (χ0n) is 10.3. The fraction of sp³-hybridized carbons (Fsp3) is 0. The van der Waals surface area contributed by atoms with E-state index in [0.717, 1.165) is 5.56 Å². The van der Waals surface area contributed by atoms with Gasteiger partial charge in [0.15, 0.2) is 5.82 Å². The molecular formula is C15H10ClFN2O. The van der Waals surface area contributed by atoms with Crippen LogP contribution < -0.4 is 5.73 Å². The molecule has 0 radical (unpaired) electrons. The van der Waals surface area contributed by atoms with Gasteiger partial charge in [0.05, 0.1) is 10.6 Å². The Balaban J connectivity index is 2.24. The molecule has 1 heterocycles. The van der Waals surface area contributed by atoms with Crippen molar-refractivity contribution in [3.05, 3.63) is 59.4 Å². The van der Waals surface area contributed by atoms with Gasteiger partial charge in [0.1, 0.15) is 5.69 Å². The molecule has 3 nitrogen and oxygen atoms in total. The van der Waals surface area contributed by atoms with Crippen molar-refractivity contribution in [1.82, 2.24) is 5.16 Å². The highest BCUT2D eigenvalue weighted by Crippen LogP contribution is 2.38. The summed E-state index contributed by atoms with van der Waals surface area (Å²) >= 11 is 5.80. The minimum Gasteiger partial charge on any atom is -0.367 e. The van der Waals surface area contributed by atoms with Crippen LogP contribution in [0.25, 0.3) is 22.4 Å². The lowest BCUT2D eigenvalue weighted by atomic mass is 10.0. The van der Waals surface area contributed by atoms with Crippen molar-refractivity contribution < 1.29 is 8.91 Å². The van der Waals surface area contributed by atoms with Gasteiger partial charge in [-0.1, -0.05) is 53.2 Å². The van der Waals surface area contributed by atoms with Crippen LogP contribution in [0.4, 0.5) is 10.3 Å². The lowest BCUT2D eigenvalue weighted by molar-refractivity contribution is 0.439. The maximum atomic E-state index is 14.1. The lowest BCUT2D eigenvalue weighted by Gasteiger charge is -2.04. The summed E-state index contributed by atoms with van der Waals surface area (Å²) in [6.45, 7) is 0. The standard InChI is InChI=1S/C15H10ClFN2O/c16-11-8-4-7-10(13(11)17)14-12(15(18)20-19-14)9-5-2-1-3-6-9/h1-8H,18H2. The van der Waals surface area contributed by atoms with Crippen molar-refractivity contribution in [3.8, 4) is 22.4 Å². The van der Waals surface area contributed by atoms with Gasteiger partial charge in [-0.3, -0.25) is 0 Å². The summed E-state index contributed by atoms with van der Waals surface area (Å²) in [4.78, 5) is 0. The van der Waals surface area contributed by atoms with Crippen LogP contribution in [-0.2, 0) is 0 Å². The van der Waals surface area contributed by atoms with Crippen LogP contribution in [0.3, 0.4) is 0 Å². The molecule has 0 bridgehead atoms. The van der Waals surface area contributed by atoms with Gasteiger partial charge >= 0.3 is 0 Å². The molecule has 2 aromatic carbocycles. The van der Waals surface area contributed by atoms with E-state index in [1.165, 1.54) is 6.07 Å².